The van der Waals surface area contributed by atoms with Crippen LogP contribution in [-0.4, -0.2) is 66.0 Å². The number of aryl methyl sites for hydroxylation is 1. The van der Waals surface area contributed by atoms with Crippen molar-refractivity contribution < 1.29 is 29.0 Å². The molecular weight excluding hydrogens is 546 g/mol. The predicted molar refractivity (Wildman–Crippen MR) is 156 cm³/mol. The molecule has 10 heteroatoms. The zero-order valence-corrected chi connectivity index (χ0v) is 24.7. The molecule has 0 radical (unpaired) electrons. The van der Waals surface area contributed by atoms with Crippen molar-refractivity contribution in [1.82, 2.24) is 10.2 Å². The molecule has 2 aromatic rings. The summed E-state index contributed by atoms with van der Waals surface area (Å²) in [4.78, 5) is 53.6. The van der Waals surface area contributed by atoms with E-state index in [4.69, 9.17) is 16.3 Å². The first kappa shape index (κ1) is 30.5. The second-order valence-corrected chi connectivity index (χ2v) is 12.1. The number of morpholine rings is 1. The first-order valence-electron chi connectivity index (χ1n) is 13.9. The van der Waals surface area contributed by atoms with Crippen molar-refractivity contribution >= 4 is 41.0 Å². The van der Waals surface area contributed by atoms with Crippen molar-refractivity contribution in [2.45, 2.75) is 53.0 Å². The van der Waals surface area contributed by atoms with Crippen molar-refractivity contribution in [2.75, 3.05) is 31.6 Å². The van der Waals surface area contributed by atoms with Gasteiger partial charge in [-0.15, -0.1) is 0 Å². The molecule has 4 rings (SSSR count). The number of aliphatic carboxylic acids is 1. The Labute approximate surface area is 245 Å². The number of nitrogens with one attached hydrogen (secondary N) is 2. The molecule has 1 saturated heterocycles. The van der Waals surface area contributed by atoms with Gasteiger partial charge in [0.1, 0.15) is 6.04 Å². The summed E-state index contributed by atoms with van der Waals surface area (Å²) in [6, 6.07) is 10.9. The smallest absolute Gasteiger partial charge is 0.326 e. The first-order valence-corrected chi connectivity index (χ1v) is 14.3. The topological polar surface area (TPSA) is 125 Å². The van der Waals surface area contributed by atoms with Gasteiger partial charge in [0.2, 0.25) is 11.8 Å². The minimum absolute atomic E-state index is 0.0211. The Bertz CT molecular complexity index is 1300. The molecule has 220 valence electrons. The number of carbonyl (C=O) groups excluding carboxylic acids is 3. The number of anilines is 1. The Kier molecular flexibility index (Phi) is 9.09. The number of carboxylic acid groups (broad SMARTS) is 1. The lowest BCUT2D eigenvalue weighted by molar-refractivity contribution is -0.153. The van der Waals surface area contributed by atoms with Crippen LogP contribution in [0.2, 0.25) is 5.02 Å². The third kappa shape index (κ3) is 6.26. The highest BCUT2D eigenvalue weighted by atomic mass is 35.5. The number of hydrogen-bond donors (Lipinski definition) is 3. The van der Waals surface area contributed by atoms with Gasteiger partial charge in [-0.2, -0.15) is 0 Å². The molecule has 0 bridgehead atoms. The second kappa shape index (κ2) is 12.2. The Hall–Kier alpha value is -3.43. The van der Waals surface area contributed by atoms with E-state index in [0.717, 1.165) is 5.56 Å². The fourth-order valence-electron chi connectivity index (χ4n) is 6.00. The summed E-state index contributed by atoms with van der Waals surface area (Å²) in [6.45, 7) is 9.64. The standard InChI is InChI=1S/C31H38ClN3O6/c1-19-6-5-7-23(32)25(19)27(37)33-21-10-8-20(9-11-21)18-24(28(38)39)34-26(36)22-12-13-31(4,30(22,2)3)29(40)35-14-16-41-17-15-35/h5-11,22,24H,12-18H2,1-4H3,(H,33,37)(H,34,36)(H,38,39)/t22-,24+,31+/m1/s1. The van der Waals surface area contributed by atoms with Gasteiger partial charge in [0.25, 0.3) is 5.91 Å². The van der Waals surface area contributed by atoms with Crippen LogP contribution in [0.15, 0.2) is 42.5 Å². The minimum atomic E-state index is -1.15. The van der Waals surface area contributed by atoms with E-state index in [2.05, 4.69) is 10.6 Å². The lowest BCUT2D eigenvalue weighted by Gasteiger charge is -2.43. The summed E-state index contributed by atoms with van der Waals surface area (Å²) in [7, 11) is 0. The molecule has 2 aliphatic rings. The van der Waals surface area contributed by atoms with Gasteiger partial charge in [-0.25, -0.2) is 4.79 Å². The Morgan fingerprint density at radius 1 is 1.07 bits per heavy atom. The van der Waals surface area contributed by atoms with Gasteiger partial charge in [0, 0.05) is 31.1 Å². The number of carboxylic acids is 1. The fraction of sp³-hybridized carbons (Fsp3) is 0.484. The van der Waals surface area contributed by atoms with Gasteiger partial charge in [-0.05, 0) is 54.5 Å². The quantitative estimate of drug-likeness (QED) is 0.425. The van der Waals surface area contributed by atoms with Crippen molar-refractivity contribution in [3.05, 3.63) is 64.2 Å². The normalized spacial score (nSPS) is 22.6. The van der Waals surface area contributed by atoms with Crippen LogP contribution < -0.4 is 10.6 Å². The van der Waals surface area contributed by atoms with E-state index in [9.17, 15) is 24.3 Å². The lowest BCUT2D eigenvalue weighted by atomic mass is 9.64. The molecule has 41 heavy (non-hydrogen) atoms. The Morgan fingerprint density at radius 2 is 1.73 bits per heavy atom. The fourth-order valence-corrected chi connectivity index (χ4v) is 6.31. The molecule has 3 N–H and O–H groups in total. The number of halogens is 1. The van der Waals surface area contributed by atoms with Gasteiger partial charge in [-0.3, -0.25) is 14.4 Å². The van der Waals surface area contributed by atoms with E-state index >= 15 is 0 Å². The van der Waals surface area contributed by atoms with E-state index < -0.39 is 28.8 Å². The second-order valence-electron chi connectivity index (χ2n) is 11.7. The predicted octanol–water partition coefficient (Wildman–Crippen LogP) is 4.31. The summed E-state index contributed by atoms with van der Waals surface area (Å²) in [6.07, 6.45) is 1.11. The van der Waals surface area contributed by atoms with Crippen molar-refractivity contribution in [3.8, 4) is 0 Å². The number of rotatable bonds is 8. The third-order valence-electron chi connectivity index (χ3n) is 9.03. The largest absolute Gasteiger partial charge is 0.480 e. The molecule has 2 aromatic carbocycles. The van der Waals surface area contributed by atoms with Crippen LogP contribution in [0.3, 0.4) is 0 Å². The average Bonchev–Trinajstić information content (AvgIpc) is 3.18. The zero-order valence-electron chi connectivity index (χ0n) is 24.0. The molecule has 2 fully saturated rings. The molecule has 3 atom stereocenters. The van der Waals surface area contributed by atoms with Crippen LogP contribution in [0.1, 0.15) is 55.1 Å². The average molecular weight is 584 g/mol. The van der Waals surface area contributed by atoms with Crippen molar-refractivity contribution in [3.63, 3.8) is 0 Å². The van der Waals surface area contributed by atoms with Crippen LogP contribution in [-0.2, 0) is 25.5 Å². The van der Waals surface area contributed by atoms with Crippen molar-refractivity contribution in [1.29, 1.82) is 0 Å². The van der Waals surface area contributed by atoms with Gasteiger partial charge in [0.15, 0.2) is 0 Å². The lowest BCUT2D eigenvalue weighted by Crippen LogP contribution is -2.54. The van der Waals surface area contributed by atoms with Crippen LogP contribution >= 0.6 is 11.6 Å². The molecule has 0 aromatic heterocycles. The number of carbonyl (C=O) groups is 4. The maximum Gasteiger partial charge on any atom is 0.326 e. The van der Waals surface area contributed by atoms with Gasteiger partial charge in [0.05, 0.1) is 29.2 Å². The maximum absolute atomic E-state index is 13.5. The molecule has 1 aliphatic heterocycles. The molecule has 1 aliphatic carbocycles. The molecular formula is C31H38ClN3O6. The number of nitrogens with zero attached hydrogens (tertiary/aromatic N) is 1. The molecule has 0 unspecified atom stereocenters. The first-order chi connectivity index (χ1) is 19.3. The highest BCUT2D eigenvalue weighted by Crippen LogP contribution is 2.57. The summed E-state index contributed by atoms with van der Waals surface area (Å²) >= 11 is 6.20. The number of amides is 3. The Balaban J connectivity index is 1.40. The Morgan fingerprint density at radius 3 is 2.34 bits per heavy atom. The van der Waals surface area contributed by atoms with E-state index in [1.807, 2.05) is 25.7 Å². The molecule has 3 amide bonds. The highest BCUT2D eigenvalue weighted by Gasteiger charge is 2.59. The summed E-state index contributed by atoms with van der Waals surface area (Å²) < 4.78 is 5.39. The molecule has 0 spiro atoms. The summed E-state index contributed by atoms with van der Waals surface area (Å²) in [5.41, 5.74) is 0.948. The van der Waals surface area contributed by atoms with Gasteiger partial charge < -0.3 is 25.4 Å². The van der Waals surface area contributed by atoms with Crippen molar-refractivity contribution in [2.24, 2.45) is 16.7 Å². The van der Waals surface area contributed by atoms with Gasteiger partial charge >= 0.3 is 5.97 Å². The maximum atomic E-state index is 13.5. The zero-order chi connectivity index (χ0) is 29.9. The van der Waals surface area contributed by atoms with E-state index in [1.165, 1.54) is 0 Å². The summed E-state index contributed by atoms with van der Waals surface area (Å²) in [5.74, 6) is -2.33. The molecule has 9 nitrogen and oxygen atoms in total. The summed E-state index contributed by atoms with van der Waals surface area (Å²) in [5, 5.41) is 15.8. The van der Waals surface area contributed by atoms with E-state index in [-0.39, 0.29) is 24.1 Å². The number of benzene rings is 2. The monoisotopic (exact) mass is 583 g/mol. The highest BCUT2D eigenvalue weighted by molar-refractivity contribution is 6.34. The van der Waals surface area contributed by atoms with E-state index in [1.54, 1.807) is 49.4 Å². The number of hydrogen-bond acceptors (Lipinski definition) is 5. The SMILES string of the molecule is Cc1cccc(Cl)c1C(=O)Nc1ccc(C[C@H](NC(=O)[C@H]2CC[C@@](C)(C(=O)N3CCOCC3)C2(C)C)C(=O)O)cc1. The molecule has 1 saturated carbocycles. The van der Waals surface area contributed by atoms with Crippen LogP contribution in [0.4, 0.5) is 5.69 Å². The van der Waals surface area contributed by atoms with Gasteiger partial charge in [-0.1, -0.05) is 56.6 Å². The minimum Gasteiger partial charge on any atom is -0.480 e. The van der Waals surface area contributed by atoms with Crippen LogP contribution in [0, 0.1) is 23.7 Å². The number of ether oxygens (including phenoxy) is 1. The van der Waals surface area contributed by atoms with E-state index in [0.29, 0.717) is 61.0 Å². The third-order valence-corrected chi connectivity index (χ3v) is 9.34. The van der Waals surface area contributed by atoms with Crippen LogP contribution in [0.25, 0.3) is 0 Å². The molecule has 1 heterocycles. The van der Waals surface area contributed by atoms with Crippen LogP contribution in [0.5, 0.6) is 0 Å².